The number of carbonyl (C=O) groups is 1. The Bertz CT molecular complexity index is 928. The number of hydrogen-bond donors (Lipinski definition) is 2. The first-order valence-electron chi connectivity index (χ1n) is 8.88. The van der Waals surface area contributed by atoms with E-state index >= 15 is 0 Å². The summed E-state index contributed by atoms with van der Waals surface area (Å²) >= 11 is 6.13. The van der Waals surface area contributed by atoms with Crippen molar-refractivity contribution in [2.75, 3.05) is 10.6 Å². The van der Waals surface area contributed by atoms with Gasteiger partial charge in [0, 0.05) is 17.3 Å². The summed E-state index contributed by atoms with van der Waals surface area (Å²) in [6.07, 6.45) is 3.05. The maximum atomic E-state index is 12.3. The fourth-order valence-electron chi connectivity index (χ4n) is 2.45. The summed E-state index contributed by atoms with van der Waals surface area (Å²) < 4.78 is 5.58. The number of hydrogen-bond acceptors (Lipinski definition) is 5. The van der Waals surface area contributed by atoms with E-state index in [-0.39, 0.29) is 17.7 Å². The first-order chi connectivity index (χ1) is 13.5. The molecule has 6 nitrogen and oxygen atoms in total. The van der Waals surface area contributed by atoms with E-state index in [9.17, 15) is 4.79 Å². The molecular formula is C21H21ClN4O2. The SMILES string of the molecule is CC(C)Oc1ccc(NC(=O)c2cnc(NCc3ccccc3Cl)cn2)cc1. The zero-order valence-electron chi connectivity index (χ0n) is 15.6. The molecule has 0 saturated heterocycles. The zero-order valence-corrected chi connectivity index (χ0v) is 16.4. The van der Waals surface area contributed by atoms with E-state index in [0.29, 0.717) is 23.1 Å². The molecule has 0 aliphatic heterocycles. The second-order valence-electron chi connectivity index (χ2n) is 6.38. The molecule has 0 saturated carbocycles. The minimum atomic E-state index is -0.331. The molecule has 1 heterocycles. The van der Waals surface area contributed by atoms with Crippen molar-refractivity contribution in [3.8, 4) is 5.75 Å². The minimum Gasteiger partial charge on any atom is -0.491 e. The molecule has 28 heavy (non-hydrogen) atoms. The third-order valence-corrected chi connectivity index (χ3v) is 4.15. The summed E-state index contributed by atoms with van der Waals surface area (Å²) in [6, 6.07) is 14.7. The predicted octanol–water partition coefficient (Wildman–Crippen LogP) is 4.78. The van der Waals surface area contributed by atoms with Crippen molar-refractivity contribution in [3.05, 3.63) is 77.2 Å². The van der Waals surface area contributed by atoms with Crippen LogP contribution in [0.1, 0.15) is 29.9 Å². The first kappa shape index (κ1) is 19.6. The normalized spacial score (nSPS) is 10.6. The second-order valence-corrected chi connectivity index (χ2v) is 6.78. The number of carbonyl (C=O) groups excluding carboxylic acids is 1. The van der Waals surface area contributed by atoms with Gasteiger partial charge in [0.15, 0.2) is 0 Å². The molecule has 2 aromatic carbocycles. The highest BCUT2D eigenvalue weighted by Gasteiger charge is 2.09. The lowest BCUT2D eigenvalue weighted by Gasteiger charge is -2.10. The molecule has 7 heteroatoms. The van der Waals surface area contributed by atoms with Gasteiger partial charge in [-0.25, -0.2) is 9.97 Å². The number of halogens is 1. The molecule has 1 aromatic heterocycles. The van der Waals surface area contributed by atoms with Crippen LogP contribution in [0.5, 0.6) is 5.75 Å². The second kappa shape index (κ2) is 9.19. The van der Waals surface area contributed by atoms with Crippen molar-refractivity contribution in [2.45, 2.75) is 26.5 Å². The van der Waals surface area contributed by atoms with Gasteiger partial charge in [-0.1, -0.05) is 29.8 Å². The van der Waals surface area contributed by atoms with E-state index in [1.165, 1.54) is 12.4 Å². The van der Waals surface area contributed by atoms with Gasteiger partial charge < -0.3 is 15.4 Å². The largest absolute Gasteiger partial charge is 0.491 e. The van der Waals surface area contributed by atoms with Crippen LogP contribution in [0.3, 0.4) is 0 Å². The van der Waals surface area contributed by atoms with Gasteiger partial charge in [0.25, 0.3) is 5.91 Å². The molecule has 3 rings (SSSR count). The van der Waals surface area contributed by atoms with E-state index in [1.807, 2.05) is 50.2 Å². The van der Waals surface area contributed by atoms with Crippen LogP contribution in [0.15, 0.2) is 60.9 Å². The Kier molecular flexibility index (Phi) is 6.45. The molecule has 0 aliphatic rings. The van der Waals surface area contributed by atoms with Gasteiger partial charge in [-0.2, -0.15) is 0 Å². The first-order valence-corrected chi connectivity index (χ1v) is 9.26. The Morgan fingerprint density at radius 2 is 1.82 bits per heavy atom. The van der Waals surface area contributed by atoms with E-state index in [0.717, 1.165) is 11.3 Å². The van der Waals surface area contributed by atoms with Crippen LogP contribution in [0.4, 0.5) is 11.5 Å². The standard InChI is InChI=1S/C21H21ClN4O2/c1-14(2)28-17-9-7-16(8-10-17)26-21(27)19-12-25-20(13-23-19)24-11-15-5-3-4-6-18(15)22/h3-10,12-14H,11H2,1-2H3,(H,24,25)(H,26,27). The van der Waals surface area contributed by atoms with Crippen LogP contribution in [0, 0.1) is 0 Å². The number of nitrogens with one attached hydrogen (secondary N) is 2. The number of rotatable bonds is 7. The number of anilines is 2. The zero-order chi connectivity index (χ0) is 19.9. The fraction of sp³-hybridized carbons (Fsp3) is 0.190. The van der Waals surface area contributed by atoms with Gasteiger partial charge in [0.05, 0.1) is 18.5 Å². The number of aromatic nitrogens is 2. The van der Waals surface area contributed by atoms with Gasteiger partial charge >= 0.3 is 0 Å². The molecule has 0 fully saturated rings. The smallest absolute Gasteiger partial charge is 0.275 e. The highest BCUT2D eigenvalue weighted by molar-refractivity contribution is 6.31. The van der Waals surface area contributed by atoms with E-state index in [1.54, 1.807) is 12.1 Å². The number of ether oxygens (including phenoxy) is 1. The van der Waals surface area contributed by atoms with Crippen molar-refractivity contribution in [2.24, 2.45) is 0 Å². The van der Waals surface area contributed by atoms with Gasteiger partial charge in [-0.3, -0.25) is 4.79 Å². The number of amides is 1. The lowest BCUT2D eigenvalue weighted by molar-refractivity contribution is 0.102. The third kappa shape index (κ3) is 5.44. The summed E-state index contributed by atoms with van der Waals surface area (Å²) in [5.41, 5.74) is 1.84. The van der Waals surface area contributed by atoms with Crippen LogP contribution in [-0.4, -0.2) is 22.0 Å². The van der Waals surface area contributed by atoms with Gasteiger partial charge in [0.1, 0.15) is 17.3 Å². The Morgan fingerprint density at radius 1 is 1.07 bits per heavy atom. The Morgan fingerprint density at radius 3 is 2.46 bits per heavy atom. The predicted molar refractivity (Wildman–Crippen MR) is 111 cm³/mol. The lowest BCUT2D eigenvalue weighted by atomic mass is 10.2. The average molecular weight is 397 g/mol. The monoisotopic (exact) mass is 396 g/mol. The van der Waals surface area contributed by atoms with Crippen LogP contribution in [0.2, 0.25) is 5.02 Å². The van der Waals surface area contributed by atoms with E-state index in [2.05, 4.69) is 20.6 Å². The summed E-state index contributed by atoms with van der Waals surface area (Å²) in [6.45, 7) is 4.44. The highest BCUT2D eigenvalue weighted by Crippen LogP contribution is 2.18. The average Bonchev–Trinajstić information content (AvgIpc) is 2.69. The van der Waals surface area contributed by atoms with Crippen molar-refractivity contribution in [3.63, 3.8) is 0 Å². The molecule has 144 valence electrons. The molecule has 0 aliphatic carbocycles. The van der Waals surface area contributed by atoms with Crippen LogP contribution < -0.4 is 15.4 Å². The molecular weight excluding hydrogens is 376 g/mol. The lowest BCUT2D eigenvalue weighted by Crippen LogP contribution is -2.14. The van der Waals surface area contributed by atoms with Crippen LogP contribution in [-0.2, 0) is 6.54 Å². The maximum Gasteiger partial charge on any atom is 0.275 e. The molecule has 3 aromatic rings. The number of nitrogens with zero attached hydrogens (tertiary/aromatic N) is 2. The molecule has 2 N–H and O–H groups in total. The van der Waals surface area contributed by atoms with Crippen LogP contribution in [0.25, 0.3) is 0 Å². The van der Waals surface area contributed by atoms with Crippen molar-refractivity contribution < 1.29 is 9.53 Å². The summed E-state index contributed by atoms with van der Waals surface area (Å²) in [5.74, 6) is 0.982. The van der Waals surface area contributed by atoms with Gasteiger partial charge in [-0.05, 0) is 49.7 Å². The fourth-order valence-corrected chi connectivity index (χ4v) is 2.65. The molecule has 0 radical (unpaired) electrons. The minimum absolute atomic E-state index is 0.0979. The molecule has 0 atom stereocenters. The third-order valence-electron chi connectivity index (χ3n) is 3.79. The van der Waals surface area contributed by atoms with E-state index in [4.69, 9.17) is 16.3 Å². The maximum absolute atomic E-state index is 12.3. The van der Waals surface area contributed by atoms with Crippen LogP contribution >= 0.6 is 11.6 Å². The van der Waals surface area contributed by atoms with Gasteiger partial charge in [0.2, 0.25) is 0 Å². The Labute approximate surface area is 168 Å². The summed E-state index contributed by atoms with van der Waals surface area (Å²) in [7, 11) is 0. The summed E-state index contributed by atoms with van der Waals surface area (Å²) in [4.78, 5) is 20.7. The molecule has 1 amide bonds. The quantitative estimate of drug-likeness (QED) is 0.601. The van der Waals surface area contributed by atoms with Crippen molar-refractivity contribution in [1.82, 2.24) is 9.97 Å². The van der Waals surface area contributed by atoms with Crippen molar-refractivity contribution >= 4 is 29.0 Å². The highest BCUT2D eigenvalue weighted by atomic mass is 35.5. The molecule has 0 bridgehead atoms. The molecule has 0 unspecified atom stereocenters. The molecule has 0 spiro atoms. The van der Waals surface area contributed by atoms with Gasteiger partial charge in [-0.15, -0.1) is 0 Å². The Hall–Kier alpha value is -3.12. The van der Waals surface area contributed by atoms with E-state index < -0.39 is 0 Å². The Balaban J connectivity index is 1.56. The summed E-state index contributed by atoms with van der Waals surface area (Å²) in [5, 5.41) is 6.61. The topological polar surface area (TPSA) is 76.1 Å². The number of benzene rings is 2. The van der Waals surface area contributed by atoms with Crippen molar-refractivity contribution in [1.29, 1.82) is 0 Å².